The third kappa shape index (κ3) is 1.76. The summed E-state index contributed by atoms with van der Waals surface area (Å²) in [6.45, 7) is 0.603. The van der Waals surface area contributed by atoms with E-state index in [4.69, 9.17) is 0 Å². The minimum atomic E-state index is -0.745. The van der Waals surface area contributed by atoms with E-state index in [1.807, 2.05) is 0 Å². The Labute approximate surface area is 116 Å². The second kappa shape index (κ2) is 4.25. The fourth-order valence-corrected chi connectivity index (χ4v) is 4.64. The fraction of sp³-hybridized carbons (Fsp3) is 0.600. The molecule has 0 spiro atoms. The van der Waals surface area contributed by atoms with E-state index in [-0.39, 0.29) is 0 Å². The van der Waals surface area contributed by atoms with Gasteiger partial charge >= 0.3 is 5.69 Å². The fourth-order valence-electron chi connectivity index (χ4n) is 4.64. The van der Waals surface area contributed by atoms with Crippen LogP contribution in [0.2, 0.25) is 0 Å². The largest absolute Gasteiger partial charge is 0.309 e. The zero-order chi connectivity index (χ0) is 13.9. The van der Waals surface area contributed by atoms with Crippen molar-refractivity contribution in [1.82, 2.24) is 5.32 Å². The Hall–Kier alpha value is -1.49. The number of rotatable bonds is 4. The Bertz CT molecular complexity index is 561. The highest BCUT2D eigenvalue weighted by atomic mass is 19.1. The van der Waals surface area contributed by atoms with Gasteiger partial charge in [0.25, 0.3) is 0 Å². The van der Waals surface area contributed by atoms with Gasteiger partial charge in [0.05, 0.1) is 4.92 Å². The van der Waals surface area contributed by atoms with Crippen molar-refractivity contribution in [2.24, 2.45) is 23.7 Å². The molecule has 1 aromatic carbocycles. The number of hydrogen-bond acceptors (Lipinski definition) is 3. The molecule has 5 heteroatoms. The third-order valence-electron chi connectivity index (χ3n) is 5.49. The van der Waals surface area contributed by atoms with Gasteiger partial charge < -0.3 is 5.32 Å². The van der Waals surface area contributed by atoms with Crippen LogP contribution in [0.25, 0.3) is 0 Å². The zero-order valence-corrected chi connectivity index (χ0v) is 11.1. The molecule has 106 valence electrons. The monoisotopic (exact) mass is 276 g/mol. The van der Waals surface area contributed by atoms with Crippen LogP contribution in [0, 0.1) is 39.6 Å². The summed E-state index contributed by atoms with van der Waals surface area (Å²) in [6, 6.07) is 4.77. The van der Waals surface area contributed by atoms with Crippen LogP contribution in [-0.4, -0.2) is 11.0 Å². The molecule has 4 nitrogen and oxygen atoms in total. The lowest BCUT2D eigenvalue weighted by Crippen LogP contribution is -2.22. The average molecular weight is 276 g/mol. The summed E-state index contributed by atoms with van der Waals surface area (Å²) in [4.78, 5) is 9.89. The number of benzene rings is 1. The lowest BCUT2D eigenvalue weighted by molar-refractivity contribution is -0.387. The molecular formula is C15H17FN2O2. The molecule has 4 atom stereocenters. The molecule has 4 unspecified atom stereocenters. The molecule has 1 aromatic rings. The maximum Gasteiger partial charge on any atom is 0.304 e. The molecule has 3 fully saturated rings. The lowest BCUT2D eigenvalue weighted by atomic mass is 10.0. The second-order valence-corrected chi connectivity index (χ2v) is 6.44. The predicted octanol–water partition coefficient (Wildman–Crippen LogP) is 2.87. The summed E-state index contributed by atoms with van der Waals surface area (Å²) in [5, 5.41) is 14.1. The van der Waals surface area contributed by atoms with Crippen molar-refractivity contribution in [3.63, 3.8) is 0 Å². The van der Waals surface area contributed by atoms with E-state index in [1.165, 1.54) is 31.4 Å². The molecule has 0 amide bonds. The minimum absolute atomic E-state index is 0.449. The normalized spacial score (nSPS) is 37.0. The van der Waals surface area contributed by atoms with Crippen molar-refractivity contribution >= 4 is 5.69 Å². The first-order valence-corrected chi connectivity index (χ1v) is 7.31. The molecule has 1 N–H and O–H groups in total. The number of nitro benzene ring substituents is 1. The van der Waals surface area contributed by atoms with E-state index in [1.54, 1.807) is 6.07 Å². The van der Waals surface area contributed by atoms with Crippen LogP contribution in [0.15, 0.2) is 18.2 Å². The van der Waals surface area contributed by atoms with Gasteiger partial charge in [-0.05, 0) is 54.6 Å². The van der Waals surface area contributed by atoms with Crippen LogP contribution in [0.5, 0.6) is 0 Å². The van der Waals surface area contributed by atoms with Crippen molar-refractivity contribution in [3.8, 4) is 0 Å². The van der Waals surface area contributed by atoms with Crippen molar-refractivity contribution < 1.29 is 9.31 Å². The number of halogens is 1. The summed E-state index contributed by atoms with van der Waals surface area (Å²) in [7, 11) is 0. The molecular weight excluding hydrogens is 259 g/mol. The molecule has 2 bridgehead atoms. The quantitative estimate of drug-likeness (QED) is 0.679. The van der Waals surface area contributed by atoms with Crippen LogP contribution in [0.4, 0.5) is 10.1 Å². The van der Waals surface area contributed by atoms with Crippen molar-refractivity contribution in [1.29, 1.82) is 0 Å². The Morgan fingerprint density at radius 3 is 2.60 bits per heavy atom. The summed E-state index contributed by atoms with van der Waals surface area (Å²) in [5.41, 5.74) is 0.334. The molecule has 3 aliphatic carbocycles. The minimum Gasteiger partial charge on any atom is -0.309 e. The van der Waals surface area contributed by atoms with Crippen molar-refractivity contribution in [2.45, 2.75) is 31.8 Å². The number of nitrogens with one attached hydrogen (secondary N) is 1. The topological polar surface area (TPSA) is 55.2 Å². The van der Waals surface area contributed by atoms with E-state index in [0.29, 0.717) is 12.6 Å². The first kappa shape index (κ1) is 12.3. The summed E-state index contributed by atoms with van der Waals surface area (Å²) < 4.78 is 13.5. The number of fused-ring (bicyclic) bond motifs is 5. The van der Waals surface area contributed by atoms with Gasteiger partial charge in [-0.3, -0.25) is 10.1 Å². The first-order chi connectivity index (χ1) is 9.65. The van der Waals surface area contributed by atoms with E-state index in [0.717, 1.165) is 29.2 Å². The maximum atomic E-state index is 13.5. The van der Waals surface area contributed by atoms with Gasteiger partial charge in [-0.1, -0.05) is 6.07 Å². The van der Waals surface area contributed by atoms with Crippen LogP contribution < -0.4 is 5.32 Å². The van der Waals surface area contributed by atoms with E-state index in [9.17, 15) is 14.5 Å². The van der Waals surface area contributed by atoms with Crippen molar-refractivity contribution in [3.05, 3.63) is 39.7 Å². The summed E-state index contributed by atoms with van der Waals surface area (Å²) >= 11 is 0. The molecule has 4 rings (SSSR count). The summed E-state index contributed by atoms with van der Waals surface area (Å²) in [5.74, 6) is 2.77. The maximum absolute atomic E-state index is 13.5. The second-order valence-electron chi connectivity index (χ2n) is 6.44. The van der Waals surface area contributed by atoms with Gasteiger partial charge in [-0.15, -0.1) is 0 Å². The van der Waals surface area contributed by atoms with Crippen LogP contribution in [0.1, 0.15) is 24.8 Å². The molecule has 0 heterocycles. The highest BCUT2D eigenvalue weighted by Crippen LogP contribution is 2.65. The van der Waals surface area contributed by atoms with Gasteiger partial charge in [0.2, 0.25) is 5.82 Å². The van der Waals surface area contributed by atoms with E-state index >= 15 is 0 Å². The number of hydrogen-bond donors (Lipinski definition) is 1. The Morgan fingerprint density at radius 1 is 1.30 bits per heavy atom. The molecule has 3 saturated carbocycles. The van der Waals surface area contributed by atoms with Crippen molar-refractivity contribution in [2.75, 3.05) is 0 Å². The highest BCUT2D eigenvalue weighted by molar-refractivity contribution is 5.35. The molecule has 3 aliphatic rings. The van der Waals surface area contributed by atoms with Gasteiger partial charge in [0, 0.05) is 18.7 Å². The molecule has 0 aromatic heterocycles. The summed E-state index contributed by atoms with van der Waals surface area (Å²) in [6.07, 6.45) is 4.19. The number of nitro groups is 1. The smallest absolute Gasteiger partial charge is 0.304 e. The first-order valence-electron chi connectivity index (χ1n) is 7.31. The molecule has 0 saturated heterocycles. The van der Waals surface area contributed by atoms with Crippen LogP contribution in [0.3, 0.4) is 0 Å². The van der Waals surface area contributed by atoms with E-state index < -0.39 is 16.4 Å². The van der Waals surface area contributed by atoms with Crippen LogP contribution >= 0.6 is 0 Å². The van der Waals surface area contributed by atoms with Gasteiger partial charge in [0.1, 0.15) is 0 Å². The van der Waals surface area contributed by atoms with Gasteiger partial charge in [-0.25, -0.2) is 0 Å². The average Bonchev–Trinajstić information content (AvgIpc) is 2.79. The number of nitrogens with zero attached hydrogens (tertiary/aromatic N) is 1. The van der Waals surface area contributed by atoms with E-state index in [2.05, 4.69) is 5.32 Å². The predicted molar refractivity (Wildman–Crippen MR) is 71.5 cm³/mol. The lowest BCUT2D eigenvalue weighted by Gasteiger charge is -2.10. The standard InChI is InChI=1S/C15H17FN2O2/c16-11-5-8(1-4-12(11)18(19)20)7-17-15-13-9-2-3-10(6-9)14(13)15/h1,4-5,9-10,13-15,17H,2-3,6-7H2. The Kier molecular flexibility index (Phi) is 2.61. The molecule has 0 aliphatic heterocycles. The van der Waals surface area contributed by atoms with Gasteiger partial charge in [0.15, 0.2) is 0 Å². The SMILES string of the molecule is O=[N+]([O-])c1ccc(CNC2C3C4CCC(C4)C23)cc1F. The third-order valence-corrected chi connectivity index (χ3v) is 5.49. The Balaban J connectivity index is 1.39. The zero-order valence-electron chi connectivity index (χ0n) is 11.1. The van der Waals surface area contributed by atoms with Gasteiger partial charge in [-0.2, -0.15) is 4.39 Å². The molecule has 20 heavy (non-hydrogen) atoms. The molecule has 0 radical (unpaired) electrons. The Morgan fingerprint density at radius 2 is 2.00 bits per heavy atom. The van der Waals surface area contributed by atoms with Crippen LogP contribution in [-0.2, 0) is 6.54 Å². The highest BCUT2D eigenvalue weighted by Gasteiger charge is 2.64.